The van der Waals surface area contributed by atoms with Crippen molar-refractivity contribution in [3.05, 3.63) is 77.4 Å². The van der Waals surface area contributed by atoms with E-state index in [1.807, 2.05) is 25.2 Å². The van der Waals surface area contributed by atoms with Crippen molar-refractivity contribution in [3.8, 4) is 17.5 Å². The number of nitrogens with zero attached hydrogens (tertiary/aromatic N) is 3. The Kier molecular flexibility index (Phi) is 4.69. The van der Waals surface area contributed by atoms with Gasteiger partial charge < -0.3 is 4.42 Å². The second kappa shape index (κ2) is 7.07. The van der Waals surface area contributed by atoms with Gasteiger partial charge in [0.1, 0.15) is 12.1 Å². The van der Waals surface area contributed by atoms with Crippen molar-refractivity contribution in [1.82, 2.24) is 9.88 Å². The average Bonchev–Trinajstić information content (AvgIpc) is 3.03. The van der Waals surface area contributed by atoms with Gasteiger partial charge >= 0.3 is 0 Å². The third-order valence-corrected chi connectivity index (χ3v) is 3.56. The van der Waals surface area contributed by atoms with Crippen molar-refractivity contribution in [2.45, 2.75) is 13.1 Å². The van der Waals surface area contributed by atoms with Crippen LogP contribution in [0.1, 0.15) is 16.8 Å². The lowest BCUT2D eigenvalue weighted by atomic mass is 10.1. The highest BCUT2D eigenvalue weighted by Gasteiger charge is 2.10. The fourth-order valence-corrected chi connectivity index (χ4v) is 2.52. The molecule has 0 spiro atoms. The Labute approximate surface area is 139 Å². The van der Waals surface area contributed by atoms with Gasteiger partial charge in [-0.05, 0) is 42.9 Å². The molecule has 120 valence electrons. The maximum atomic E-state index is 13.3. The Morgan fingerprint density at radius 1 is 1.17 bits per heavy atom. The summed E-state index contributed by atoms with van der Waals surface area (Å²) in [6.45, 7) is 1.28. The molecule has 0 atom stereocenters. The molecular formula is C19H16FN3O. The smallest absolute Gasteiger partial charge is 0.226 e. The van der Waals surface area contributed by atoms with E-state index in [1.165, 1.54) is 12.1 Å². The molecule has 0 fully saturated rings. The van der Waals surface area contributed by atoms with Crippen molar-refractivity contribution < 1.29 is 8.81 Å². The normalized spacial score (nSPS) is 10.8. The zero-order valence-electron chi connectivity index (χ0n) is 13.2. The predicted octanol–water partition coefficient (Wildman–Crippen LogP) is 3.98. The van der Waals surface area contributed by atoms with E-state index in [4.69, 9.17) is 9.68 Å². The minimum Gasteiger partial charge on any atom is -0.444 e. The standard InChI is InChI=1S/C19H16FN3O/c1-23(11-15-5-2-4-14(8-15)10-21)12-18-13-24-19(22-18)16-6-3-7-17(20)9-16/h2-9,13H,11-12H2,1H3. The maximum absolute atomic E-state index is 13.3. The molecule has 0 aliphatic heterocycles. The van der Waals surface area contributed by atoms with Crippen LogP contribution in [0.3, 0.4) is 0 Å². The third-order valence-electron chi connectivity index (χ3n) is 3.56. The summed E-state index contributed by atoms with van der Waals surface area (Å²) in [6, 6.07) is 15.8. The molecule has 4 nitrogen and oxygen atoms in total. The second-order valence-electron chi connectivity index (χ2n) is 5.64. The van der Waals surface area contributed by atoms with E-state index in [9.17, 15) is 4.39 Å². The summed E-state index contributed by atoms with van der Waals surface area (Å²) in [5, 5.41) is 8.95. The van der Waals surface area contributed by atoms with Gasteiger partial charge in [-0.2, -0.15) is 5.26 Å². The molecule has 1 heterocycles. The summed E-state index contributed by atoms with van der Waals surface area (Å²) in [4.78, 5) is 6.48. The van der Waals surface area contributed by atoms with Gasteiger partial charge in [-0.1, -0.05) is 18.2 Å². The third kappa shape index (κ3) is 3.86. The average molecular weight is 321 g/mol. The van der Waals surface area contributed by atoms with Crippen LogP contribution in [0.5, 0.6) is 0 Å². The Balaban J connectivity index is 1.67. The first-order valence-electron chi connectivity index (χ1n) is 7.52. The summed E-state index contributed by atoms with van der Waals surface area (Å²) >= 11 is 0. The van der Waals surface area contributed by atoms with Gasteiger partial charge in [-0.15, -0.1) is 0 Å². The van der Waals surface area contributed by atoms with Crippen molar-refractivity contribution in [3.63, 3.8) is 0 Å². The van der Waals surface area contributed by atoms with Gasteiger partial charge in [0.25, 0.3) is 0 Å². The van der Waals surface area contributed by atoms with Gasteiger partial charge in [-0.3, -0.25) is 4.90 Å². The van der Waals surface area contributed by atoms with Crippen LogP contribution in [0.25, 0.3) is 11.5 Å². The van der Waals surface area contributed by atoms with E-state index in [2.05, 4.69) is 16.0 Å². The highest BCUT2D eigenvalue weighted by Crippen LogP contribution is 2.20. The summed E-state index contributed by atoms with van der Waals surface area (Å²) in [5.74, 6) is 0.0890. The highest BCUT2D eigenvalue weighted by atomic mass is 19.1. The molecule has 0 amide bonds. The molecule has 3 rings (SSSR count). The SMILES string of the molecule is CN(Cc1cccc(C#N)c1)Cc1coc(-c2cccc(F)c2)n1. The molecule has 0 radical (unpaired) electrons. The van der Waals surface area contributed by atoms with E-state index in [0.29, 0.717) is 30.1 Å². The zero-order chi connectivity index (χ0) is 16.9. The highest BCUT2D eigenvalue weighted by molar-refractivity contribution is 5.52. The fourth-order valence-electron chi connectivity index (χ4n) is 2.52. The predicted molar refractivity (Wildman–Crippen MR) is 88.2 cm³/mol. The molecule has 3 aromatic rings. The van der Waals surface area contributed by atoms with Crippen LogP contribution in [0.15, 0.2) is 59.2 Å². The molecule has 0 aliphatic rings. The Bertz CT molecular complexity index is 882. The lowest BCUT2D eigenvalue weighted by Gasteiger charge is -2.15. The molecule has 0 unspecified atom stereocenters. The summed E-state index contributed by atoms with van der Waals surface area (Å²) in [7, 11) is 1.97. The Morgan fingerprint density at radius 3 is 2.79 bits per heavy atom. The van der Waals surface area contributed by atoms with E-state index in [0.717, 1.165) is 11.3 Å². The quantitative estimate of drug-likeness (QED) is 0.713. The van der Waals surface area contributed by atoms with Crippen molar-refractivity contribution >= 4 is 0 Å². The number of benzene rings is 2. The number of nitriles is 1. The second-order valence-corrected chi connectivity index (χ2v) is 5.64. The lowest BCUT2D eigenvalue weighted by molar-refractivity contribution is 0.315. The van der Waals surface area contributed by atoms with E-state index in [1.54, 1.807) is 24.5 Å². The number of hydrogen-bond acceptors (Lipinski definition) is 4. The van der Waals surface area contributed by atoms with Crippen molar-refractivity contribution in [1.29, 1.82) is 5.26 Å². The molecule has 0 saturated carbocycles. The van der Waals surface area contributed by atoms with Gasteiger partial charge in [0.05, 0.1) is 17.3 Å². The van der Waals surface area contributed by atoms with Crippen molar-refractivity contribution in [2.24, 2.45) is 0 Å². The summed E-state index contributed by atoms with van der Waals surface area (Å²) < 4.78 is 18.7. The molecule has 0 saturated heterocycles. The summed E-state index contributed by atoms with van der Waals surface area (Å²) in [6.07, 6.45) is 1.59. The monoisotopic (exact) mass is 321 g/mol. The lowest BCUT2D eigenvalue weighted by Crippen LogP contribution is -2.17. The first-order chi connectivity index (χ1) is 11.6. The largest absolute Gasteiger partial charge is 0.444 e. The van der Waals surface area contributed by atoms with E-state index < -0.39 is 0 Å². The molecule has 5 heteroatoms. The van der Waals surface area contributed by atoms with E-state index >= 15 is 0 Å². The molecule has 2 aromatic carbocycles. The number of hydrogen-bond donors (Lipinski definition) is 0. The number of aromatic nitrogens is 1. The van der Waals surface area contributed by atoms with Crippen LogP contribution < -0.4 is 0 Å². The van der Waals surface area contributed by atoms with Crippen LogP contribution in [-0.4, -0.2) is 16.9 Å². The maximum Gasteiger partial charge on any atom is 0.226 e. The summed E-state index contributed by atoms with van der Waals surface area (Å²) in [5.41, 5.74) is 3.10. The van der Waals surface area contributed by atoms with Crippen LogP contribution in [0, 0.1) is 17.1 Å². The van der Waals surface area contributed by atoms with Crippen molar-refractivity contribution in [2.75, 3.05) is 7.05 Å². The fraction of sp³-hybridized carbons (Fsp3) is 0.158. The van der Waals surface area contributed by atoms with Crippen LogP contribution in [0.4, 0.5) is 4.39 Å². The van der Waals surface area contributed by atoms with Crippen LogP contribution >= 0.6 is 0 Å². The van der Waals surface area contributed by atoms with Crippen LogP contribution in [-0.2, 0) is 13.1 Å². The minimum absolute atomic E-state index is 0.318. The van der Waals surface area contributed by atoms with Gasteiger partial charge in [0, 0.05) is 18.7 Å². The molecule has 0 N–H and O–H groups in total. The Hall–Kier alpha value is -2.97. The zero-order valence-corrected chi connectivity index (χ0v) is 13.2. The Morgan fingerprint density at radius 2 is 2.00 bits per heavy atom. The molecule has 24 heavy (non-hydrogen) atoms. The number of oxazole rings is 1. The molecule has 1 aromatic heterocycles. The van der Waals surface area contributed by atoms with Gasteiger partial charge in [0.2, 0.25) is 5.89 Å². The van der Waals surface area contributed by atoms with Gasteiger partial charge in [0.15, 0.2) is 0 Å². The first kappa shape index (κ1) is 15.9. The molecule has 0 bridgehead atoms. The van der Waals surface area contributed by atoms with E-state index in [-0.39, 0.29) is 5.82 Å². The molecular weight excluding hydrogens is 305 g/mol. The first-order valence-corrected chi connectivity index (χ1v) is 7.52. The minimum atomic E-state index is -0.318. The molecule has 0 aliphatic carbocycles. The van der Waals surface area contributed by atoms with Gasteiger partial charge in [-0.25, -0.2) is 9.37 Å². The number of halogens is 1. The topological polar surface area (TPSA) is 53.1 Å². The number of rotatable bonds is 5. The van der Waals surface area contributed by atoms with Crippen LogP contribution in [0.2, 0.25) is 0 Å².